The normalized spacial score (nSPS) is 12.9. The summed E-state index contributed by atoms with van der Waals surface area (Å²) >= 11 is 3.89. The van der Waals surface area contributed by atoms with Crippen molar-refractivity contribution in [2.24, 2.45) is 0 Å². The van der Waals surface area contributed by atoms with Crippen molar-refractivity contribution in [3.63, 3.8) is 0 Å². The summed E-state index contributed by atoms with van der Waals surface area (Å²) in [6.07, 6.45) is 0. The van der Waals surface area contributed by atoms with Gasteiger partial charge in [0, 0.05) is 18.8 Å². The van der Waals surface area contributed by atoms with E-state index in [4.69, 9.17) is 5.11 Å². The van der Waals surface area contributed by atoms with Gasteiger partial charge in [0.2, 0.25) is 0 Å². The van der Waals surface area contributed by atoms with E-state index in [9.17, 15) is 4.79 Å². The second-order valence-electron chi connectivity index (χ2n) is 2.13. The first-order chi connectivity index (χ1) is 5.22. The third-order valence-electron chi connectivity index (χ3n) is 1.25. The van der Waals surface area contributed by atoms with E-state index >= 15 is 0 Å². The molecule has 1 atom stereocenters. The molecular formula is C6H14N2O2S. The number of carboxylic acids is 1. The second-order valence-corrected chi connectivity index (χ2v) is 2.50. The van der Waals surface area contributed by atoms with Gasteiger partial charge in [-0.1, -0.05) is 0 Å². The van der Waals surface area contributed by atoms with Crippen LogP contribution in [0.3, 0.4) is 0 Å². The quantitative estimate of drug-likeness (QED) is 0.317. The summed E-state index contributed by atoms with van der Waals surface area (Å²) in [7, 11) is 1.82. The highest BCUT2D eigenvalue weighted by atomic mass is 32.1. The minimum absolute atomic E-state index is 0.318. The van der Waals surface area contributed by atoms with Crippen molar-refractivity contribution in [1.29, 1.82) is 0 Å². The van der Waals surface area contributed by atoms with Gasteiger partial charge < -0.3 is 15.7 Å². The van der Waals surface area contributed by atoms with Gasteiger partial charge >= 0.3 is 5.97 Å². The monoisotopic (exact) mass is 178 g/mol. The van der Waals surface area contributed by atoms with Crippen molar-refractivity contribution in [3.8, 4) is 0 Å². The number of hydrogen-bond donors (Lipinski definition) is 4. The zero-order valence-corrected chi connectivity index (χ0v) is 7.40. The van der Waals surface area contributed by atoms with E-state index in [0.717, 1.165) is 6.54 Å². The lowest BCUT2D eigenvalue weighted by atomic mass is 10.3. The Labute approximate surface area is 71.8 Å². The fourth-order valence-electron chi connectivity index (χ4n) is 0.601. The van der Waals surface area contributed by atoms with Gasteiger partial charge in [-0.15, -0.1) is 0 Å². The van der Waals surface area contributed by atoms with Gasteiger partial charge in [-0.25, -0.2) is 0 Å². The number of aliphatic carboxylic acids is 1. The Morgan fingerprint density at radius 1 is 1.64 bits per heavy atom. The molecule has 0 saturated heterocycles. The number of thiol groups is 1. The standard InChI is InChI=1S/C6H14N2O2S/c1-7-2-3-8-5(4-11)6(9)10/h5,7-8,11H,2-4H2,1H3,(H,9,10)/t5-/m0/s1. The van der Waals surface area contributed by atoms with Crippen molar-refractivity contribution in [2.75, 3.05) is 25.9 Å². The van der Waals surface area contributed by atoms with Crippen LogP contribution in [0.15, 0.2) is 0 Å². The maximum atomic E-state index is 10.4. The third-order valence-corrected chi connectivity index (χ3v) is 1.61. The van der Waals surface area contributed by atoms with Gasteiger partial charge in [0.05, 0.1) is 0 Å². The Morgan fingerprint density at radius 2 is 2.27 bits per heavy atom. The molecule has 3 N–H and O–H groups in total. The first-order valence-corrected chi connectivity index (χ1v) is 4.07. The molecule has 0 bridgehead atoms. The Morgan fingerprint density at radius 3 is 2.64 bits per heavy atom. The SMILES string of the molecule is CNCCN[C@@H](CS)C(=O)O. The summed E-state index contributed by atoms with van der Waals surface area (Å²) in [5.41, 5.74) is 0. The Bertz CT molecular complexity index is 121. The molecule has 0 heterocycles. The maximum Gasteiger partial charge on any atom is 0.321 e. The summed E-state index contributed by atoms with van der Waals surface area (Å²) in [5, 5.41) is 14.3. The predicted octanol–water partition coefficient (Wildman–Crippen LogP) is -0.822. The molecule has 0 radical (unpaired) electrons. The highest BCUT2D eigenvalue weighted by Gasteiger charge is 2.12. The Balaban J connectivity index is 3.44. The van der Waals surface area contributed by atoms with Crippen LogP contribution in [0.1, 0.15) is 0 Å². The lowest BCUT2D eigenvalue weighted by Gasteiger charge is -2.10. The first-order valence-electron chi connectivity index (χ1n) is 3.44. The van der Waals surface area contributed by atoms with Crippen LogP contribution in [-0.4, -0.2) is 43.0 Å². The number of carbonyl (C=O) groups is 1. The molecule has 0 fully saturated rings. The molecule has 5 heteroatoms. The summed E-state index contributed by atoms with van der Waals surface area (Å²) in [6.45, 7) is 1.41. The molecule has 0 aliphatic carbocycles. The molecule has 4 nitrogen and oxygen atoms in total. The average Bonchev–Trinajstić information content (AvgIpc) is 1.97. The van der Waals surface area contributed by atoms with Crippen molar-refractivity contribution in [3.05, 3.63) is 0 Å². The zero-order chi connectivity index (χ0) is 8.69. The van der Waals surface area contributed by atoms with Crippen LogP contribution < -0.4 is 10.6 Å². The lowest BCUT2D eigenvalue weighted by molar-refractivity contribution is -0.138. The van der Waals surface area contributed by atoms with Crippen molar-refractivity contribution in [1.82, 2.24) is 10.6 Å². The molecule has 0 unspecified atom stereocenters. The van der Waals surface area contributed by atoms with E-state index < -0.39 is 12.0 Å². The third kappa shape index (κ3) is 5.06. The van der Waals surface area contributed by atoms with E-state index in [1.54, 1.807) is 0 Å². The number of likely N-dealkylation sites (N-methyl/N-ethyl adjacent to an activating group) is 1. The molecule has 0 aromatic carbocycles. The fourth-order valence-corrected chi connectivity index (χ4v) is 0.887. The van der Waals surface area contributed by atoms with E-state index in [0.29, 0.717) is 12.3 Å². The van der Waals surface area contributed by atoms with Gasteiger partial charge in [0.25, 0.3) is 0 Å². The maximum absolute atomic E-state index is 10.4. The van der Waals surface area contributed by atoms with Crippen LogP contribution in [0.25, 0.3) is 0 Å². The lowest BCUT2D eigenvalue weighted by Crippen LogP contribution is -2.41. The topological polar surface area (TPSA) is 61.4 Å². The molecule has 0 saturated carbocycles. The summed E-state index contributed by atoms with van der Waals surface area (Å²) < 4.78 is 0. The first kappa shape index (κ1) is 10.7. The zero-order valence-electron chi connectivity index (χ0n) is 6.50. The van der Waals surface area contributed by atoms with E-state index in [1.807, 2.05) is 7.05 Å². The highest BCUT2D eigenvalue weighted by molar-refractivity contribution is 7.80. The minimum atomic E-state index is -0.851. The molecule has 0 amide bonds. The predicted molar refractivity (Wildman–Crippen MR) is 47.2 cm³/mol. The van der Waals surface area contributed by atoms with Crippen LogP contribution in [-0.2, 0) is 4.79 Å². The average molecular weight is 178 g/mol. The molecule has 66 valence electrons. The number of nitrogens with one attached hydrogen (secondary N) is 2. The fraction of sp³-hybridized carbons (Fsp3) is 0.833. The van der Waals surface area contributed by atoms with Crippen LogP contribution in [0.2, 0.25) is 0 Å². The second kappa shape index (κ2) is 6.45. The number of carboxylic acid groups (broad SMARTS) is 1. The van der Waals surface area contributed by atoms with Crippen LogP contribution in [0.5, 0.6) is 0 Å². The summed E-state index contributed by atoms with van der Waals surface area (Å²) in [4.78, 5) is 10.4. The number of rotatable bonds is 6. The molecular weight excluding hydrogens is 164 g/mol. The molecule has 0 aromatic heterocycles. The molecule has 0 aromatic rings. The van der Waals surface area contributed by atoms with Crippen molar-refractivity contribution < 1.29 is 9.90 Å². The summed E-state index contributed by atoms with van der Waals surface area (Å²) in [5.74, 6) is -0.532. The summed E-state index contributed by atoms with van der Waals surface area (Å²) in [6, 6.07) is -0.535. The molecule has 0 aliphatic heterocycles. The molecule has 11 heavy (non-hydrogen) atoms. The Kier molecular flexibility index (Phi) is 6.30. The van der Waals surface area contributed by atoms with Gasteiger partial charge in [-0.2, -0.15) is 12.6 Å². The van der Waals surface area contributed by atoms with E-state index in [2.05, 4.69) is 23.3 Å². The smallest absolute Gasteiger partial charge is 0.321 e. The minimum Gasteiger partial charge on any atom is -0.480 e. The van der Waals surface area contributed by atoms with Crippen LogP contribution >= 0.6 is 12.6 Å². The van der Waals surface area contributed by atoms with E-state index in [1.165, 1.54) is 0 Å². The van der Waals surface area contributed by atoms with Gasteiger partial charge in [0.15, 0.2) is 0 Å². The molecule has 0 spiro atoms. The largest absolute Gasteiger partial charge is 0.480 e. The molecule has 0 aliphatic rings. The van der Waals surface area contributed by atoms with Crippen LogP contribution in [0.4, 0.5) is 0 Å². The number of hydrogen-bond acceptors (Lipinski definition) is 4. The van der Waals surface area contributed by atoms with Crippen molar-refractivity contribution >= 4 is 18.6 Å². The van der Waals surface area contributed by atoms with Gasteiger partial charge in [-0.3, -0.25) is 4.79 Å². The van der Waals surface area contributed by atoms with Crippen molar-refractivity contribution in [2.45, 2.75) is 6.04 Å². The van der Waals surface area contributed by atoms with Gasteiger partial charge in [0.1, 0.15) is 6.04 Å². The molecule has 0 rings (SSSR count). The Hall–Kier alpha value is -0.260. The van der Waals surface area contributed by atoms with E-state index in [-0.39, 0.29) is 0 Å². The highest BCUT2D eigenvalue weighted by Crippen LogP contribution is 1.86. The van der Waals surface area contributed by atoms with Crippen LogP contribution in [0, 0.1) is 0 Å². The van der Waals surface area contributed by atoms with Gasteiger partial charge in [-0.05, 0) is 7.05 Å².